The first-order valence-corrected chi connectivity index (χ1v) is 19.5. The molecule has 0 aromatic heterocycles. The Balaban J connectivity index is 0.00000480. The van der Waals surface area contributed by atoms with Gasteiger partial charge in [-0.1, -0.05) is 0 Å². The number of carbonyl (C=O) groups excluding carboxylic acids is 1. The van der Waals surface area contributed by atoms with Crippen molar-refractivity contribution >= 4 is 12.6 Å². The summed E-state index contributed by atoms with van der Waals surface area (Å²) in [5, 5.41) is 0. The molecule has 1 N–H and O–H groups in total. The molecule has 0 aromatic rings. The van der Waals surface area contributed by atoms with E-state index in [1.54, 1.807) is 9.45 Å². The molecule has 1 saturated carbocycles. The Morgan fingerprint density at radius 1 is 0.844 bits per heavy atom. The number of halogens is 2. The minimum Gasteiger partial charge on any atom is -1.00 e. The first-order chi connectivity index (χ1) is 14.4. The van der Waals surface area contributed by atoms with E-state index in [0.717, 1.165) is 12.8 Å². The number of nitrogens with one attached hydrogen (secondary N) is 1. The Kier molecular flexibility index (Phi) is 17.2. The molecule has 0 saturated heterocycles. The molecule has 2 rings (SSSR count). The van der Waals surface area contributed by atoms with Gasteiger partial charge < -0.3 is 24.8 Å². The third-order valence-electron chi connectivity index (χ3n) is 8.06. The molecule has 2 aliphatic carbocycles. The van der Waals surface area contributed by atoms with Crippen molar-refractivity contribution in [3.8, 4) is 0 Å². The molecule has 0 spiro atoms. The molecular formula is C26H48Cl2NOSiTi. The van der Waals surface area contributed by atoms with Crippen LogP contribution in [0.25, 0.3) is 0 Å². The second kappa shape index (κ2) is 17.0. The zero-order valence-corrected chi connectivity index (χ0v) is 25.8. The van der Waals surface area contributed by atoms with E-state index in [-0.39, 0.29) is 30.7 Å². The molecule has 2 aliphatic rings. The molecule has 1 atom stereocenters. The van der Waals surface area contributed by atoms with Gasteiger partial charge in [-0.15, -0.1) is 0 Å². The van der Waals surface area contributed by atoms with Crippen LogP contribution in [0.2, 0.25) is 12.1 Å². The number of allylic oxidation sites excluding steroid dienone is 4. The topological polar surface area (TPSA) is 29.1 Å². The third kappa shape index (κ3) is 8.91. The molecule has 2 nitrogen and oxygen atoms in total. The second-order valence-corrected chi connectivity index (χ2v) is 21.7. The van der Waals surface area contributed by atoms with Crippen molar-refractivity contribution in [3.05, 3.63) is 20.6 Å². The molecular weight excluding hydrogens is 489 g/mol. The summed E-state index contributed by atoms with van der Waals surface area (Å²) in [5.41, 5.74) is 4.59. The predicted octanol–water partition coefficient (Wildman–Crippen LogP) is 1.59. The van der Waals surface area contributed by atoms with Crippen LogP contribution in [-0.2, 0) is 22.2 Å². The van der Waals surface area contributed by atoms with Gasteiger partial charge >= 0.3 is 195 Å². The Bertz CT molecular complexity index is 621. The van der Waals surface area contributed by atoms with Crippen LogP contribution in [0.1, 0.15) is 112 Å². The second-order valence-electron chi connectivity index (χ2n) is 9.94. The monoisotopic (exact) mass is 536 g/mol. The van der Waals surface area contributed by atoms with Crippen LogP contribution in [0.4, 0.5) is 0 Å². The Labute approximate surface area is 219 Å². The fraction of sp³-hybridized carbons (Fsp3) is 0.808. The van der Waals surface area contributed by atoms with Gasteiger partial charge in [0.1, 0.15) is 0 Å². The average molecular weight is 538 g/mol. The molecule has 32 heavy (non-hydrogen) atoms. The van der Waals surface area contributed by atoms with E-state index < -0.39 is 24.0 Å². The number of hydrogen-bond donors (Lipinski definition) is 1. The van der Waals surface area contributed by atoms with Crippen LogP contribution in [0.5, 0.6) is 0 Å². The van der Waals surface area contributed by atoms with Crippen LogP contribution in [0.3, 0.4) is 0 Å². The zero-order valence-electron chi connectivity index (χ0n) is 21.6. The minimum atomic E-state index is -1.76. The van der Waals surface area contributed by atoms with Gasteiger partial charge in [0.05, 0.1) is 0 Å². The van der Waals surface area contributed by atoms with Crippen LogP contribution < -0.4 is 28.6 Å². The zero-order chi connectivity index (χ0) is 22.1. The van der Waals surface area contributed by atoms with Gasteiger partial charge in [0.2, 0.25) is 0 Å². The number of carbonyl (C=O) groups is 1. The number of amides is 1. The maximum absolute atomic E-state index is 13.6. The summed E-state index contributed by atoms with van der Waals surface area (Å²) >= 11 is -1.76. The maximum atomic E-state index is 13.6. The van der Waals surface area contributed by atoms with E-state index in [0.29, 0.717) is 11.8 Å². The van der Waals surface area contributed by atoms with Crippen molar-refractivity contribution in [1.82, 2.24) is 3.80 Å². The first-order valence-electron chi connectivity index (χ1n) is 13.0. The number of rotatable bonds is 6. The summed E-state index contributed by atoms with van der Waals surface area (Å²) in [6, 6.07) is 2.66. The summed E-state index contributed by atoms with van der Waals surface area (Å²) in [4.78, 5) is 13.6. The van der Waals surface area contributed by atoms with Gasteiger partial charge in [-0.25, -0.2) is 0 Å². The normalized spacial score (nSPS) is 21.4. The van der Waals surface area contributed by atoms with Crippen molar-refractivity contribution in [1.29, 1.82) is 0 Å². The first kappa shape index (κ1) is 32.5. The summed E-state index contributed by atoms with van der Waals surface area (Å²) < 4.78 is 5.56. The molecule has 1 fully saturated rings. The molecule has 0 aromatic carbocycles. The Morgan fingerprint density at radius 3 is 1.66 bits per heavy atom. The summed E-state index contributed by atoms with van der Waals surface area (Å²) in [7, 11) is 0. The largest absolute Gasteiger partial charge is 1.00 e. The van der Waals surface area contributed by atoms with Crippen molar-refractivity contribution in [3.63, 3.8) is 0 Å². The average Bonchev–Trinajstić information content (AvgIpc) is 2.91. The maximum Gasteiger partial charge on any atom is -1.00 e. The van der Waals surface area contributed by atoms with Crippen molar-refractivity contribution in [2.75, 3.05) is 0 Å². The van der Waals surface area contributed by atoms with Crippen molar-refractivity contribution in [2.45, 2.75) is 124 Å². The van der Waals surface area contributed by atoms with E-state index in [2.05, 4.69) is 45.3 Å². The smallest absolute Gasteiger partial charge is 1.00 e. The van der Waals surface area contributed by atoms with E-state index in [9.17, 15) is 4.79 Å². The van der Waals surface area contributed by atoms with E-state index in [1.807, 2.05) is 0 Å². The van der Waals surface area contributed by atoms with Crippen LogP contribution >= 0.6 is 0 Å². The van der Waals surface area contributed by atoms with Gasteiger partial charge in [-0.05, 0) is 0 Å². The van der Waals surface area contributed by atoms with Crippen LogP contribution in [-0.4, -0.2) is 12.6 Å². The molecule has 1 amide bonds. The Morgan fingerprint density at radius 2 is 1.28 bits per heavy atom. The summed E-state index contributed by atoms with van der Waals surface area (Å²) in [5.74, 6) is 1.27. The van der Waals surface area contributed by atoms with Gasteiger partial charge in [-0.3, -0.25) is 0 Å². The van der Waals surface area contributed by atoms with Gasteiger partial charge in [0.25, 0.3) is 0 Å². The fourth-order valence-electron chi connectivity index (χ4n) is 5.55. The summed E-state index contributed by atoms with van der Waals surface area (Å²) in [6.07, 6.45) is 14.3. The molecule has 0 heterocycles. The third-order valence-corrected chi connectivity index (χ3v) is 23.3. The van der Waals surface area contributed by atoms with Crippen molar-refractivity contribution in [2.24, 2.45) is 11.8 Å². The van der Waals surface area contributed by atoms with Gasteiger partial charge in [0.15, 0.2) is 0 Å². The van der Waals surface area contributed by atoms with Crippen molar-refractivity contribution < 1.29 is 47.0 Å². The Hall–Kier alpha value is 0.461. The predicted molar refractivity (Wildman–Crippen MR) is 131 cm³/mol. The van der Waals surface area contributed by atoms with Crippen LogP contribution in [0.15, 0.2) is 20.6 Å². The van der Waals surface area contributed by atoms with Gasteiger partial charge in [0, 0.05) is 0 Å². The number of hydrogen-bond acceptors (Lipinski definition) is 1. The molecule has 0 bridgehead atoms. The molecule has 6 heteroatoms. The standard InChI is InChI=1S/C13H25NO.C9H13.C4H11Si.2ClH.Ti/c14-13(15)12-10-8-6-4-2-1-3-5-7-9-11-12;1-6-5-7(2)9(4)8(6)3;1-3-5-4-2;;;/h12H,1-11H2,(H2,14,15);6H,1-4H3;5H,3-4H2,1-2H3;2*1H;/q;;;;;+3/p-3. The molecule has 0 aliphatic heterocycles. The van der Waals surface area contributed by atoms with Crippen LogP contribution in [0, 0.1) is 11.8 Å². The molecule has 0 radical (unpaired) electrons. The SMILES string of the molecule is CC[SiH](CC)[Ti+2]([NH]C(=O)C1CCCCCCCCCCC1)[C]1=C(C)C(C)=C(C)C1C.[Cl-].[Cl-]. The quantitative estimate of drug-likeness (QED) is 0.513. The fourth-order valence-corrected chi connectivity index (χ4v) is 19.9. The van der Waals surface area contributed by atoms with E-state index in [4.69, 9.17) is 0 Å². The molecule has 1 unspecified atom stereocenters. The van der Waals surface area contributed by atoms with E-state index >= 15 is 0 Å². The van der Waals surface area contributed by atoms with E-state index in [1.165, 1.54) is 81.0 Å². The molecule has 185 valence electrons. The van der Waals surface area contributed by atoms with Gasteiger partial charge in [-0.2, -0.15) is 0 Å². The summed E-state index contributed by atoms with van der Waals surface area (Å²) in [6.45, 7) is 13.2. The minimum absolute atomic E-state index is 0.